The van der Waals surface area contributed by atoms with Crippen LogP contribution in [0.15, 0.2) is 18.5 Å². The van der Waals surface area contributed by atoms with E-state index in [1.54, 1.807) is 12.3 Å². The van der Waals surface area contributed by atoms with Crippen molar-refractivity contribution in [2.75, 3.05) is 25.6 Å². The first kappa shape index (κ1) is 27.4. The van der Waals surface area contributed by atoms with E-state index in [1.807, 2.05) is 12.2 Å². The zero-order chi connectivity index (χ0) is 27.9. The molecule has 3 atom stereocenters. The normalized spacial score (nSPS) is 21.8. The first-order chi connectivity index (χ1) is 18.4. The van der Waals surface area contributed by atoms with E-state index in [0.29, 0.717) is 22.0 Å². The number of carbonyl (C=O) groups is 1. The topological polar surface area (TPSA) is 110 Å². The van der Waals surface area contributed by atoms with E-state index in [4.69, 9.17) is 9.72 Å². The lowest BCUT2D eigenvalue weighted by Crippen LogP contribution is -2.40. The van der Waals surface area contributed by atoms with Gasteiger partial charge in [0.1, 0.15) is 11.0 Å². The molecule has 3 aromatic heterocycles. The second-order valence-corrected chi connectivity index (χ2v) is 11.0. The van der Waals surface area contributed by atoms with Gasteiger partial charge in [0.25, 0.3) is 0 Å². The number of amides is 2. The van der Waals surface area contributed by atoms with Crippen LogP contribution in [0.3, 0.4) is 0 Å². The fraction of sp³-hybridized carbons (Fsp3) is 0.609. The molecule has 4 heterocycles. The Labute approximate surface area is 223 Å². The highest BCUT2D eigenvalue weighted by atomic mass is 32.1. The van der Waals surface area contributed by atoms with Crippen molar-refractivity contribution in [1.29, 1.82) is 0 Å². The first-order valence-electron chi connectivity index (χ1n) is 12.4. The Bertz CT molecular complexity index is 1320. The molecular formula is C23H27F5N8O2S. The number of rotatable bonds is 8. The number of aromatic nitrogens is 5. The second-order valence-electron chi connectivity index (χ2n) is 9.87. The van der Waals surface area contributed by atoms with Gasteiger partial charge >= 0.3 is 12.2 Å². The Kier molecular flexibility index (Phi) is 7.35. The van der Waals surface area contributed by atoms with E-state index >= 15 is 0 Å². The maximum atomic E-state index is 13.9. The molecule has 2 fully saturated rings. The number of carbonyl (C=O) groups excluding carboxylic acids is 1. The van der Waals surface area contributed by atoms with Gasteiger partial charge in [0.05, 0.1) is 43.3 Å². The summed E-state index contributed by atoms with van der Waals surface area (Å²) in [6, 6.07) is -2.48. The Morgan fingerprint density at radius 2 is 2.03 bits per heavy atom. The van der Waals surface area contributed by atoms with Crippen molar-refractivity contribution in [1.82, 2.24) is 35.0 Å². The number of nitrogens with one attached hydrogen (secondary N) is 2. The first-order valence-corrected chi connectivity index (χ1v) is 13.2. The van der Waals surface area contributed by atoms with Gasteiger partial charge < -0.3 is 20.3 Å². The van der Waals surface area contributed by atoms with Gasteiger partial charge in [0, 0.05) is 25.5 Å². The van der Waals surface area contributed by atoms with Crippen molar-refractivity contribution in [3.8, 4) is 0 Å². The van der Waals surface area contributed by atoms with Crippen LogP contribution in [0.4, 0.5) is 31.9 Å². The predicted octanol–water partition coefficient (Wildman–Crippen LogP) is 4.51. The third-order valence-electron chi connectivity index (χ3n) is 7.14. The fourth-order valence-corrected chi connectivity index (χ4v) is 5.72. The summed E-state index contributed by atoms with van der Waals surface area (Å²) in [5.74, 6) is -2.84. The van der Waals surface area contributed by atoms with Crippen molar-refractivity contribution >= 4 is 28.1 Å². The minimum Gasteiger partial charge on any atom is -0.382 e. The number of urea groups is 1. The van der Waals surface area contributed by atoms with Gasteiger partial charge in [-0.2, -0.15) is 18.3 Å². The second kappa shape index (κ2) is 10.4. The molecule has 10 nitrogen and oxygen atoms in total. The molecule has 0 bridgehead atoms. The summed E-state index contributed by atoms with van der Waals surface area (Å²) >= 11 is 1.34. The third-order valence-corrected chi connectivity index (χ3v) is 7.91. The van der Waals surface area contributed by atoms with Crippen molar-refractivity contribution in [2.45, 2.75) is 62.8 Å². The molecule has 1 aliphatic carbocycles. The lowest BCUT2D eigenvalue weighted by Gasteiger charge is -2.33. The van der Waals surface area contributed by atoms with Gasteiger partial charge in [0.15, 0.2) is 5.65 Å². The summed E-state index contributed by atoms with van der Waals surface area (Å²) < 4.78 is 74.2. The van der Waals surface area contributed by atoms with Crippen molar-refractivity contribution < 1.29 is 31.5 Å². The summed E-state index contributed by atoms with van der Waals surface area (Å²) in [7, 11) is 1.39. The Morgan fingerprint density at radius 1 is 1.28 bits per heavy atom. The number of aryl methyl sites for hydroxylation is 1. The van der Waals surface area contributed by atoms with Crippen LogP contribution in [0, 0.1) is 12.8 Å². The molecule has 0 aromatic carbocycles. The van der Waals surface area contributed by atoms with Crippen molar-refractivity contribution in [3.05, 3.63) is 34.7 Å². The number of methoxy groups -OCH3 is 1. The number of anilines is 1. The smallest absolute Gasteiger partial charge is 0.382 e. The zero-order valence-electron chi connectivity index (χ0n) is 21.1. The number of fused-ring (bicyclic) bond motifs is 1. The molecule has 0 radical (unpaired) electrons. The Morgan fingerprint density at radius 3 is 2.64 bits per heavy atom. The molecule has 0 unspecified atom stereocenters. The number of halogens is 5. The van der Waals surface area contributed by atoms with Crippen LogP contribution in [0.2, 0.25) is 0 Å². The number of imidazole rings is 1. The number of alkyl halides is 5. The molecule has 5 rings (SSSR count). The molecule has 1 aliphatic heterocycles. The number of ether oxygens (including phenoxy) is 1. The van der Waals surface area contributed by atoms with E-state index in [0.717, 1.165) is 9.91 Å². The lowest BCUT2D eigenvalue weighted by molar-refractivity contribution is -0.150. The van der Waals surface area contributed by atoms with Crippen molar-refractivity contribution in [2.24, 2.45) is 5.92 Å². The minimum atomic E-state index is -4.58. The standard InChI is InChI=1S/C23H27F5N8O2S/c1-12-33-34-20(39-12)32-19(13-3-5-22(24,25)6-4-13)15-9-36-18(30-15)7-14(8-29-36)16(11-38-2)35-10-17(23(26,27)28)31-21(35)37/h7-9,13,16-17,19H,3-6,10-11H2,1-2H3,(H,31,37)(H,32,34)/t16-,17+,19+/m1/s1. The monoisotopic (exact) mass is 574 g/mol. The molecule has 1 saturated carbocycles. The molecule has 16 heteroatoms. The highest BCUT2D eigenvalue weighted by Gasteiger charge is 2.48. The molecule has 39 heavy (non-hydrogen) atoms. The van der Waals surface area contributed by atoms with E-state index in [-0.39, 0.29) is 38.2 Å². The van der Waals surface area contributed by atoms with E-state index < -0.39 is 42.8 Å². The van der Waals surface area contributed by atoms with E-state index in [9.17, 15) is 26.7 Å². The lowest BCUT2D eigenvalue weighted by atomic mass is 9.81. The summed E-state index contributed by atoms with van der Waals surface area (Å²) in [4.78, 5) is 18.2. The van der Waals surface area contributed by atoms with Crippen LogP contribution in [-0.4, -0.2) is 74.1 Å². The summed E-state index contributed by atoms with van der Waals surface area (Å²) in [5, 5.41) is 19.1. The van der Waals surface area contributed by atoms with Crippen molar-refractivity contribution in [3.63, 3.8) is 0 Å². The highest BCUT2D eigenvalue weighted by molar-refractivity contribution is 7.15. The van der Waals surface area contributed by atoms with Crippen LogP contribution >= 0.6 is 11.3 Å². The average molecular weight is 575 g/mol. The van der Waals surface area contributed by atoms with Crippen LogP contribution in [-0.2, 0) is 4.74 Å². The van der Waals surface area contributed by atoms with Gasteiger partial charge in [-0.05, 0) is 31.7 Å². The molecule has 1 saturated heterocycles. The summed E-state index contributed by atoms with van der Waals surface area (Å²) in [6.45, 7) is 1.18. The quantitative estimate of drug-likeness (QED) is 0.381. The summed E-state index contributed by atoms with van der Waals surface area (Å²) in [5.41, 5.74) is 1.39. The zero-order valence-corrected chi connectivity index (χ0v) is 21.9. The van der Waals surface area contributed by atoms with Gasteiger partial charge in [-0.15, -0.1) is 10.2 Å². The van der Waals surface area contributed by atoms with Crippen LogP contribution in [0.5, 0.6) is 0 Å². The molecular weight excluding hydrogens is 547 g/mol. The Balaban J connectivity index is 1.44. The van der Waals surface area contributed by atoms with E-state index in [2.05, 4.69) is 20.6 Å². The fourth-order valence-electron chi connectivity index (χ4n) is 5.09. The molecule has 2 amide bonds. The van der Waals surface area contributed by atoms with Crippen LogP contribution < -0.4 is 10.6 Å². The maximum absolute atomic E-state index is 13.9. The predicted molar refractivity (Wildman–Crippen MR) is 131 cm³/mol. The number of nitrogens with zero attached hydrogens (tertiary/aromatic N) is 6. The Hall–Kier alpha value is -3.14. The van der Waals surface area contributed by atoms with Crippen LogP contribution in [0.25, 0.3) is 5.65 Å². The molecule has 2 aliphatic rings. The number of hydrogen-bond donors (Lipinski definition) is 2. The average Bonchev–Trinajstić information content (AvgIpc) is 3.58. The third kappa shape index (κ3) is 5.90. The summed E-state index contributed by atoms with van der Waals surface area (Å²) in [6.07, 6.45) is -1.32. The minimum absolute atomic E-state index is 0.0553. The molecule has 0 spiro atoms. The van der Waals surface area contributed by atoms with Crippen LogP contribution in [0.1, 0.15) is 54.0 Å². The largest absolute Gasteiger partial charge is 0.410 e. The van der Waals surface area contributed by atoms with Gasteiger partial charge in [0.2, 0.25) is 11.1 Å². The highest BCUT2D eigenvalue weighted by Crippen LogP contribution is 2.42. The van der Waals surface area contributed by atoms with Gasteiger partial charge in [-0.1, -0.05) is 11.3 Å². The SMILES string of the molecule is COC[C@H](c1cnn2cc([C@@H](Nc3nnc(C)s3)C3CCC(F)(F)CC3)nc2c1)N1C[C@@H](C(F)(F)F)NC1=O. The van der Waals surface area contributed by atoms with Gasteiger partial charge in [-0.25, -0.2) is 23.1 Å². The van der Waals surface area contributed by atoms with Gasteiger partial charge in [-0.3, -0.25) is 0 Å². The van der Waals surface area contributed by atoms with E-state index in [1.165, 1.54) is 29.2 Å². The maximum Gasteiger partial charge on any atom is 0.410 e. The molecule has 2 N–H and O–H groups in total. The number of hydrogen-bond acceptors (Lipinski definition) is 8. The molecule has 212 valence electrons. The molecule has 3 aromatic rings.